The SMILES string of the molecule is Cc1cc(C)n(CCCNC(=O)c2cccc(OCC(=O)N(C)C)c2)n1. The van der Waals surface area contributed by atoms with Crippen molar-refractivity contribution in [2.24, 2.45) is 0 Å². The minimum Gasteiger partial charge on any atom is -0.484 e. The Morgan fingerprint density at radius 2 is 2.00 bits per heavy atom. The Morgan fingerprint density at radius 1 is 1.23 bits per heavy atom. The number of aromatic nitrogens is 2. The second kappa shape index (κ2) is 9.03. The van der Waals surface area contributed by atoms with Crippen LogP contribution in [-0.2, 0) is 11.3 Å². The van der Waals surface area contributed by atoms with Gasteiger partial charge in [-0.2, -0.15) is 5.10 Å². The molecule has 0 saturated heterocycles. The number of aryl methyl sites for hydroxylation is 3. The molecule has 0 unspecified atom stereocenters. The Labute approximate surface area is 153 Å². The average Bonchev–Trinajstić information content (AvgIpc) is 2.93. The van der Waals surface area contributed by atoms with Gasteiger partial charge in [-0.25, -0.2) is 0 Å². The molecule has 26 heavy (non-hydrogen) atoms. The van der Waals surface area contributed by atoms with Crippen LogP contribution in [0.15, 0.2) is 30.3 Å². The maximum Gasteiger partial charge on any atom is 0.259 e. The third-order valence-electron chi connectivity index (χ3n) is 3.89. The summed E-state index contributed by atoms with van der Waals surface area (Å²) in [5.41, 5.74) is 2.62. The third-order valence-corrected chi connectivity index (χ3v) is 3.89. The molecule has 0 radical (unpaired) electrons. The first-order chi connectivity index (χ1) is 12.4. The summed E-state index contributed by atoms with van der Waals surface area (Å²) >= 11 is 0. The van der Waals surface area contributed by atoms with Gasteiger partial charge in [0.05, 0.1) is 5.69 Å². The van der Waals surface area contributed by atoms with Gasteiger partial charge in [0, 0.05) is 38.4 Å². The highest BCUT2D eigenvalue weighted by Crippen LogP contribution is 2.13. The van der Waals surface area contributed by atoms with E-state index in [1.165, 1.54) is 4.90 Å². The number of nitrogens with zero attached hydrogens (tertiary/aromatic N) is 3. The van der Waals surface area contributed by atoms with Crippen LogP contribution >= 0.6 is 0 Å². The number of rotatable bonds is 8. The van der Waals surface area contributed by atoms with Gasteiger partial charge in [-0.15, -0.1) is 0 Å². The topological polar surface area (TPSA) is 76.5 Å². The zero-order valence-corrected chi connectivity index (χ0v) is 15.8. The van der Waals surface area contributed by atoms with Gasteiger partial charge >= 0.3 is 0 Å². The largest absolute Gasteiger partial charge is 0.484 e. The van der Waals surface area contributed by atoms with E-state index < -0.39 is 0 Å². The van der Waals surface area contributed by atoms with Crippen LogP contribution in [0.4, 0.5) is 0 Å². The quantitative estimate of drug-likeness (QED) is 0.730. The van der Waals surface area contributed by atoms with Gasteiger partial charge in [-0.3, -0.25) is 14.3 Å². The summed E-state index contributed by atoms with van der Waals surface area (Å²) in [6.07, 6.45) is 0.793. The summed E-state index contributed by atoms with van der Waals surface area (Å²) in [6, 6.07) is 8.85. The molecule has 0 aliphatic heterocycles. The van der Waals surface area contributed by atoms with Crippen molar-refractivity contribution in [3.05, 3.63) is 47.3 Å². The highest BCUT2D eigenvalue weighted by molar-refractivity contribution is 5.94. The minimum atomic E-state index is -0.164. The van der Waals surface area contributed by atoms with E-state index in [1.807, 2.05) is 24.6 Å². The Balaban J connectivity index is 1.80. The Bertz CT molecular complexity index is 768. The first kappa shape index (κ1) is 19.5. The van der Waals surface area contributed by atoms with E-state index >= 15 is 0 Å². The predicted molar refractivity (Wildman–Crippen MR) is 99.3 cm³/mol. The Morgan fingerprint density at radius 3 is 2.65 bits per heavy atom. The molecule has 2 amide bonds. The number of likely N-dealkylation sites (N-methyl/N-ethyl adjacent to an activating group) is 1. The lowest BCUT2D eigenvalue weighted by Gasteiger charge is -2.12. The fourth-order valence-electron chi connectivity index (χ4n) is 2.44. The molecule has 140 valence electrons. The number of ether oxygens (including phenoxy) is 1. The number of benzene rings is 1. The molecule has 0 atom stereocenters. The molecule has 0 saturated carbocycles. The van der Waals surface area contributed by atoms with Gasteiger partial charge in [0.15, 0.2) is 6.61 Å². The molecule has 0 bridgehead atoms. The fourth-order valence-corrected chi connectivity index (χ4v) is 2.44. The van der Waals surface area contributed by atoms with Crippen LogP contribution in [0.25, 0.3) is 0 Å². The van der Waals surface area contributed by atoms with Gasteiger partial charge in [0.1, 0.15) is 5.75 Å². The van der Waals surface area contributed by atoms with E-state index in [4.69, 9.17) is 4.74 Å². The number of amides is 2. The molecule has 7 nitrogen and oxygen atoms in total. The van der Waals surface area contributed by atoms with Gasteiger partial charge in [-0.1, -0.05) is 6.07 Å². The number of nitrogens with one attached hydrogen (secondary N) is 1. The molecular weight excluding hydrogens is 332 g/mol. The summed E-state index contributed by atoms with van der Waals surface area (Å²) in [5.74, 6) is 0.197. The van der Waals surface area contributed by atoms with Crippen molar-refractivity contribution < 1.29 is 14.3 Å². The normalized spacial score (nSPS) is 10.5. The third kappa shape index (κ3) is 5.61. The summed E-state index contributed by atoms with van der Waals surface area (Å²) in [5, 5.41) is 7.30. The van der Waals surface area contributed by atoms with E-state index in [1.54, 1.807) is 38.4 Å². The van der Waals surface area contributed by atoms with Crippen molar-refractivity contribution in [2.45, 2.75) is 26.8 Å². The highest BCUT2D eigenvalue weighted by Gasteiger charge is 2.09. The first-order valence-corrected chi connectivity index (χ1v) is 8.59. The molecule has 2 aromatic rings. The van der Waals surface area contributed by atoms with Gasteiger partial charge in [0.25, 0.3) is 11.8 Å². The van der Waals surface area contributed by atoms with Crippen molar-refractivity contribution in [2.75, 3.05) is 27.2 Å². The Hall–Kier alpha value is -2.83. The predicted octanol–water partition coefficient (Wildman–Crippen LogP) is 1.79. The van der Waals surface area contributed by atoms with E-state index in [0.29, 0.717) is 17.9 Å². The molecule has 2 rings (SSSR count). The standard InChI is InChI=1S/C19H26N4O3/c1-14-11-15(2)23(21-14)10-6-9-20-19(25)16-7-5-8-17(12-16)26-13-18(24)22(3)4/h5,7-8,11-12H,6,9-10,13H2,1-4H3,(H,20,25). The molecule has 7 heteroatoms. The molecule has 0 aliphatic rings. The lowest BCUT2D eigenvalue weighted by atomic mass is 10.2. The summed E-state index contributed by atoms with van der Waals surface area (Å²) in [7, 11) is 3.34. The molecule has 0 spiro atoms. The van der Waals surface area contributed by atoms with Crippen LogP contribution in [0.5, 0.6) is 5.75 Å². The molecule has 0 aliphatic carbocycles. The summed E-state index contributed by atoms with van der Waals surface area (Å²) < 4.78 is 7.38. The maximum absolute atomic E-state index is 12.3. The van der Waals surface area contributed by atoms with Crippen molar-refractivity contribution in [3.63, 3.8) is 0 Å². The van der Waals surface area contributed by atoms with Gasteiger partial charge in [0.2, 0.25) is 0 Å². The van der Waals surface area contributed by atoms with Gasteiger partial charge in [-0.05, 0) is 44.5 Å². The molecule has 1 aromatic carbocycles. The molecular formula is C19H26N4O3. The number of carbonyl (C=O) groups is 2. The molecule has 0 fully saturated rings. The zero-order valence-electron chi connectivity index (χ0n) is 15.8. The van der Waals surface area contributed by atoms with E-state index in [2.05, 4.69) is 10.4 Å². The van der Waals surface area contributed by atoms with E-state index in [9.17, 15) is 9.59 Å². The molecule has 1 N–H and O–H groups in total. The van der Waals surface area contributed by atoms with Crippen molar-refractivity contribution >= 4 is 11.8 Å². The van der Waals surface area contributed by atoms with Crippen molar-refractivity contribution in [1.82, 2.24) is 20.0 Å². The number of hydrogen-bond acceptors (Lipinski definition) is 4. The van der Waals surface area contributed by atoms with E-state index in [-0.39, 0.29) is 18.4 Å². The van der Waals surface area contributed by atoms with Gasteiger partial charge < -0.3 is 15.0 Å². The van der Waals surface area contributed by atoms with Crippen LogP contribution in [-0.4, -0.2) is 53.7 Å². The fraction of sp³-hybridized carbons (Fsp3) is 0.421. The van der Waals surface area contributed by atoms with Crippen LogP contribution in [0.3, 0.4) is 0 Å². The minimum absolute atomic E-state index is 0.0549. The number of carbonyl (C=O) groups excluding carboxylic acids is 2. The second-order valence-corrected chi connectivity index (χ2v) is 6.36. The smallest absolute Gasteiger partial charge is 0.259 e. The van der Waals surface area contributed by atoms with Crippen molar-refractivity contribution in [1.29, 1.82) is 0 Å². The van der Waals surface area contributed by atoms with Crippen LogP contribution < -0.4 is 10.1 Å². The maximum atomic E-state index is 12.3. The first-order valence-electron chi connectivity index (χ1n) is 8.59. The van der Waals surface area contributed by atoms with Crippen molar-refractivity contribution in [3.8, 4) is 5.75 Å². The summed E-state index contributed by atoms with van der Waals surface area (Å²) in [4.78, 5) is 25.3. The summed E-state index contributed by atoms with van der Waals surface area (Å²) in [6.45, 7) is 5.25. The lowest BCUT2D eigenvalue weighted by Crippen LogP contribution is -2.27. The second-order valence-electron chi connectivity index (χ2n) is 6.36. The molecule has 1 aromatic heterocycles. The monoisotopic (exact) mass is 358 g/mol. The zero-order chi connectivity index (χ0) is 19.1. The van der Waals surface area contributed by atoms with Crippen LogP contribution in [0.1, 0.15) is 28.2 Å². The molecule has 1 heterocycles. The lowest BCUT2D eigenvalue weighted by molar-refractivity contribution is -0.130. The average molecular weight is 358 g/mol. The van der Waals surface area contributed by atoms with E-state index in [0.717, 1.165) is 24.4 Å². The van der Waals surface area contributed by atoms with Crippen LogP contribution in [0.2, 0.25) is 0 Å². The van der Waals surface area contributed by atoms with Crippen LogP contribution in [0, 0.1) is 13.8 Å². The number of hydrogen-bond donors (Lipinski definition) is 1. The highest BCUT2D eigenvalue weighted by atomic mass is 16.5. The Kier molecular flexibility index (Phi) is 6.77.